The Kier molecular flexibility index (Phi) is 5.50. The monoisotopic (exact) mass is 267 g/mol. The van der Waals surface area contributed by atoms with Gasteiger partial charge in [-0.05, 0) is 35.9 Å². The molecule has 1 unspecified atom stereocenters. The molecule has 0 spiro atoms. The lowest BCUT2D eigenvalue weighted by molar-refractivity contribution is 0.0303. The first kappa shape index (κ1) is 16.1. The van der Waals surface area contributed by atoms with Crippen LogP contribution in [0, 0.1) is 0 Å². The number of halogens is 1. The van der Waals surface area contributed by atoms with Gasteiger partial charge in [-0.2, -0.15) is 0 Å². The molecule has 1 atom stereocenters. The van der Waals surface area contributed by atoms with Gasteiger partial charge in [-0.25, -0.2) is 4.39 Å². The summed E-state index contributed by atoms with van der Waals surface area (Å²) in [5.41, 5.74) is 6.00. The zero-order valence-electron chi connectivity index (χ0n) is 12.5. The third-order valence-corrected chi connectivity index (χ3v) is 3.42. The largest absolute Gasteiger partial charge is 0.381 e. The second-order valence-corrected chi connectivity index (χ2v) is 6.12. The van der Waals surface area contributed by atoms with Gasteiger partial charge in [-0.15, -0.1) is 0 Å². The van der Waals surface area contributed by atoms with Gasteiger partial charge < -0.3 is 10.5 Å². The summed E-state index contributed by atoms with van der Waals surface area (Å²) in [5, 5.41) is 0. The van der Waals surface area contributed by atoms with Crippen molar-refractivity contribution in [3.8, 4) is 0 Å². The Bertz CT molecular complexity index is 383. The molecule has 2 N–H and O–H groups in total. The Morgan fingerprint density at radius 2 is 1.63 bits per heavy atom. The molecule has 0 heterocycles. The summed E-state index contributed by atoms with van der Waals surface area (Å²) in [6, 6.07) is 7.75. The smallest absolute Gasteiger partial charge is 0.159 e. The van der Waals surface area contributed by atoms with Crippen LogP contribution >= 0.6 is 0 Å². The number of alkyl halides is 1. The lowest BCUT2D eigenvalue weighted by Gasteiger charge is -2.26. The maximum Gasteiger partial charge on any atom is 0.159 e. The molecule has 0 aliphatic rings. The van der Waals surface area contributed by atoms with E-state index in [0.29, 0.717) is 24.9 Å². The van der Waals surface area contributed by atoms with Crippen molar-refractivity contribution in [2.75, 3.05) is 20.3 Å². The highest BCUT2D eigenvalue weighted by Crippen LogP contribution is 2.33. The van der Waals surface area contributed by atoms with Gasteiger partial charge in [0.25, 0.3) is 0 Å². The van der Waals surface area contributed by atoms with Crippen LogP contribution in [0.5, 0.6) is 0 Å². The van der Waals surface area contributed by atoms with Crippen molar-refractivity contribution in [3.05, 3.63) is 35.4 Å². The van der Waals surface area contributed by atoms with Crippen LogP contribution in [0.25, 0.3) is 0 Å². The minimum absolute atomic E-state index is 0.0713. The molecule has 0 fully saturated rings. The lowest BCUT2D eigenvalue weighted by Crippen LogP contribution is -2.27. The highest BCUT2D eigenvalue weighted by Gasteiger charge is 2.31. The van der Waals surface area contributed by atoms with Gasteiger partial charge in [0.2, 0.25) is 0 Å². The average Bonchev–Trinajstić information content (AvgIpc) is 2.36. The summed E-state index contributed by atoms with van der Waals surface area (Å²) in [6.45, 7) is 7.01. The van der Waals surface area contributed by atoms with Crippen molar-refractivity contribution in [2.45, 2.75) is 44.7 Å². The molecule has 2 nitrogen and oxygen atoms in total. The molecule has 0 saturated heterocycles. The van der Waals surface area contributed by atoms with Crippen LogP contribution in [-0.4, -0.2) is 20.3 Å². The third-order valence-electron chi connectivity index (χ3n) is 3.42. The van der Waals surface area contributed by atoms with Crippen LogP contribution in [0.1, 0.15) is 44.7 Å². The van der Waals surface area contributed by atoms with Gasteiger partial charge in [0, 0.05) is 7.11 Å². The molecule has 0 amide bonds. The van der Waals surface area contributed by atoms with Gasteiger partial charge in [0.15, 0.2) is 5.67 Å². The Hall–Kier alpha value is -0.930. The fourth-order valence-electron chi connectivity index (χ4n) is 2.18. The fourth-order valence-corrected chi connectivity index (χ4v) is 2.18. The molecule has 0 aliphatic heterocycles. The van der Waals surface area contributed by atoms with Crippen molar-refractivity contribution >= 4 is 0 Å². The molecule has 0 aliphatic carbocycles. The first-order valence-electron chi connectivity index (χ1n) is 6.82. The van der Waals surface area contributed by atoms with Gasteiger partial charge in [-0.3, -0.25) is 0 Å². The average molecular weight is 267 g/mol. The van der Waals surface area contributed by atoms with Gasteiger partial charge in [-0.1, -0.05) is 45.0 Å². The van der Waals surface area contributed by atoms with E-state index < -0.39 is 5.67 Å². The summed E-state index contributed by atoms with van der Waals surface area (Å²) in [6.07, 6.45) is 1.05. The van der Waals surface area contributed by atoms with Crippen LogP contribution in [0.2, 0.25) is 0 Å². The Labute approximate surface area is 116 Å². The van der Waals surface area contributed by atoms with E-state index >= 15 is 0 Å². The first-order chi connectivity index (χ1) is 8.83. The SMILES string of the molecule is COCC(F)(CCCN)c1ccc(C(C)(C)C)cc1. The van der Waals surface area contributed by atoms with Crippen LogP contribution in [0.15, 0.2) is 24.3 Å². The van der Waals surface area contributed by atoms with E-state index in [1.165, 1.54) is 12.7 Å². The van der Waals surface area contributed by atoms with Crippen molar-refractivity contribution in [1.29, 1.82) is 0 Å². The Morgan fingerprint density at radius 1 is 1.11 bits per heavy atom. The quantitative estimate of drug-likeness (QED) is 0.855. The van der Waals surface area contributed by atoms with Crippen molar-refractivity contribution in [3.63, 3.8) is 0 Å². The summed E-state index contributed by atoms with van der Waals surface area (Å²) < 4.78 is 20.0. The number of methoxy groups -OCH3 is 1. The van der Waals surface area contributed by atoms with E-state index in [0.717, 1.165) is 0 Å². The number of rotatable bonds is 6. The van der Waals surface area contributed by atoms with Gasteiger partial charge in [0.1, 0.15) is 0 Å². The molecule has 19 heavy (non-hydrogen) atoms. The standard InChI is InChI=1S/C16H26FNO/c1-15(2,3)13-6-8-14(9-7-13)16(17,12-19-4)10-5-11-18/h6-9H,5,10-12,18H2,1-4H3. The first-order valence-corrected chi connectivity index (χ1v) is 6.82. The van der Waals surface area contributed by atoms with Crippen molar-refractivity contribution in [2.24, 2.45) is 5.73 Å². The molecular weight excluding hydrogens is 241 g/mol. The van der Waals surface area contributed by atoms with E-state index in [-0.39, 0.29) is 12.0 Å². The predicted octanol–water partition coefficient (Wildman–Crippen LogP) is 3.53. The van der Waals surface area contributed by atoms with E-state index in [4.69, 9.17) is 10.5 Å². The second-order valence-electron chi connectivity index (χ2n) is 6.12. The topological polar surface area (TPSA) is 35.2 Å². The molecule has 1 aromatic carbocycles. The normalized spacial score (nSPS) is 15.3. The van der Waals surface area contributed by atoms with Gasteiger partial charge >= 0.3 is 0 Å². The van der Waals surface area contributed by atoms with Crippen molar-refractivity contribution < 1.29 is 9.13 Å². The molecular formula is C16H26FNO. The maximum absolute atomic E-state index is 15.0. The molecule has 0 bridgehead atoms. The Morgan fingerprint density at radius 3 is 2.05 bits per heavy atom. The highest BCUT2D eigenvalue weighted by atomic mass is 19.1. The molecule has 3 heteroatoms. The molecule has 108 valence electrons. The summed E-state index contributed by atoms with van der Waals surface area (Å²) in [4.78, 5) is 0. The van der Waals surface area contributed by atoms with Crippen LogP contribution in [0.3, 0.4) is 0 Å². The molecule has 1 aromatic rings. The lowest BCUT2D eigenvalue weighted by atomic mass is 9.84. The van der Waals surface area contributed by atoms with E-state index in [1.54, 1.807) is 0 Å². The number of hydrogen-bond acceptors (Lipinski definition) is 2. The molecule has 1 rings (SSSR count). The minimum atomic E-state index is -1.44. The van der Waals surface area contributed by atoms with Crippen LogP contribution < -0.4 is 5.73 Å². The zero-order valence-corrected chi connectivity index (χ0v) is 12.5. The fraction of sp³-hybridized carbons (Fsp3) is 0.625. The van der Waals surface area contributed by atoms with E-state index in [2.05, 4.69) is 20.8 Å². The number of hydrogen-bond donors (Lipinski definition) is 1. The molecule has 0 saturated carbocycles. The maximum atomic E-state index is 15.0. The Balaban J connectivity index is 2.97. The number of ether oxygens (including phenoxy) is 1. The zero-order chi connectivity index (χ0) is 14.5. The summed E-state index contributed by atoms with van der Waals surface area (Å²) in [5.74, 6) is 0. The second kappa shape index (κ2) is 6.49. The third kappa shape index (κ3) is 4.29. The molecule has 0 radical (unpaired) electrons. The van der Waals surface area contributed by atoms with Gasteiger partial charge in [0.05, 0.1) is 6.61 Å². The number of nitrogens with two attached hydrogens (primary N) is 1. The molecule has 0 aromatic heterocycles. The summed E-state index contributed by atoms with van der Waals surface area (Å²) >= 11 is 0. The minimum Gasteiger partial charge on any atom is -0.381 e. The highest BCUT2D eigenvalue weighted by molar-refractivity contribution is 5.31. The summed E-state index contributed by atoms with van der Waals surface area (Å²) in [7, 11) is 1.53. The van der Waals surface area contributed by atoms with Crippen molar-refractivity contribution in [1.82, 2.24) is 0 Å². The van der Waals surface area contributed by atoms with E-state index in [9.17, 15) is 4.39 Å². The van der Waals surface area contributed by atoms with E-state index in [1.807, 2.05) is 24.3 Å². The van der Waals surface area contributed by atoms with Crippen LogP contribution in [-0.2, 0) is 15.8 Å². The predicted molar refractivity (Wildman–Crippen MR) is 78.1 cm³/mol. The van der Waals surface area contributed by atoms with Crippen LogP contribution in [0.4, 0.5) is 4.39 Å². The number of benzene rings is 1.